The normalized spacial score (nSPS) is 15.4. The number of carbonyl (C=O) groups is 1. The Labute approximate surface area is 147 Å². The van der Waals surface area contributed by atoms with E-state index in [2.05, 4.69) is 5.32 Å². The quantitative estimate of drug-likeness (QED) is 0.869. The maximum Gasteiger partial charge on any atom is 0.255 e. The zero-order valence-electron chi connectivity index (χ0n) is 14.5. The number of nitrogens with zero attached hydrogens (tertiary/aromatic N) is 1. The van der Waals surface area contributed by atoms with Crippen molar-refractivity contribution in [2.24, 2.45) is 0 Å². The van der Waals surface area contributed by atoms with Crippen LogP contribution in [0.15, 0.2) is 47.4 Å². The predicted octanol–water partition coefficient (Wildman–Crippen LogP) is 3.30. The van der Waals surface area contributed by atoms with Gasteiger partial charge in [0.15, 0.2) is 0 Å². The van der Waals surface area contributed by atoms with Crippen molar-refractivity contribution in [3.8, 4) is 11.4 Å². The summed E-state index contributed by atoms with van der Waals surface area (Å²) >= 11 is 0. The average Bonchev–Trinajstić information content (AvgIpc) is 2.91. The minimum Gasteiger partial charge on any atom is -0.497 e. The highest BCUT2D eigenvalue weighted by Crippen LogP contribution is 2.18. The van der Waals surface area contributed by atoms with E-state index in [1.807, 2.05) is 0 Å². The van der Waals surface area contributed by atoms with E-state index in [0.29, 0.717) is 11.3 Å². The molecule has 1 fully saturated rings. The van der Waals surface area contributed by atoms with Crippen LogP contribution in [0.4, 0.5) is 0 Å². The van der Waals surface area contributed by atoms with E-state index >= 15 is 0 Å². The van der Waals surface area contributed by atoms with Gasteiger partial charge in [0.1, 0.15) is 5.75 Å². The van der Waals surface area contributed by atoms with E-state index in [0.717, 1.165) is 31.4 Å². The number of aromatic nitrogens is 1. The van der Waals surface area contributed by atoms with Crippen molar-refractivity contribution < 1.29 is 9.53 Å². The molecule has 2 aromatic rings. The van der Waals surface area contributed by atoms with Gasteiger partial charge in [-0.05, 0) is 43.2 Å². The molecule has 1 aliphatic carbocycles. The maximum absolute atomic E-state index is 12.6. The molecule has 0 spiro atoms. The SMILES string of the molecule is COc1ccc(-n2cc(C(=O)NC3CCCCCC3)ccc2=O)cc1. The molecule has 0 bridgehead atoms. The van der Waals surface area contributed by atoms with E-state index in [-0.39, 0.29) is 17.5 Å². The topological polar surface area (TPSA) is 60.3 Å². The molecule has 0 saturated heterocycles. The first kappa shape index (κ1) is 17.3. The standard InChI is InChI=1S/C20H24N2O3/c1-25-18-11-9-17(10-12-18)22-14-15(8-13-19(22)23)20(24)21-16-6-4-2-3-5-7-16/h8-14,16H,2-7H2,1H3,(H,21,24). The first-order valence-corrected chi connectivity index (χ1v) is 8.85. The van der Waals surface area contributed by atoms with E-state index < -0.39 is 0 Å². The summed E-state index contributed by atoms with van der Waals surface area (Å²) in [5, 5.41) is 3.12. The van der Waals surface area contributed by atoms with Gasteiger partial charge in [-0.1, -0.05) is 25.7 Å². The molecule has 1 aromatic carbocycles. The lowest BCUT2D eigenvalue weighted by atomic mass is 10.1. The van der Waals surface area contributed by atoms with E-state index in [1.165, 1.54) is 23.5 Å². The number of hydrogen-bond donors (Lipinski definition) is 1. The van der Waals surface area contributed by atoms with Crippen molar-refractivity contribution >= 4 is 5.91 Å². The summed E-state index contributed by atoms with van der Waals surface area (Å²) in [4.78, 5) is 24.8. The van der Waals surface area contributed by atoms with Crippen LogP contribution in [0, 0.1) is 0 Å². The van der Waals surface area contributed by atoms with Gasteiger partial charge >= 0.3 is 0 Å². The van der Waals surface area contributed by atoms with Crippen LogP contribution >= 0.6 is 0 Å². The van der Waals surface area contributed by atoms with Crippen LogP contribution < -0.4 is 15.6 Å². The van der Waals surface area contributed by atoms with Crippen LogP contribution in [0.3, 0.4) is 0 Å². The summed E-state index contributed by atoms with van der Waals surface area (Å²) in [6, 6.07) is 10.4. The van der Waals surface area contributed by atoms with Crippen LogP contribution in [0.1, 0.15) is 48.9 Å². The van der Waals surface area contributed by atoms with Gasteiger partial charge in [-0.15, -0.1) is 0 Å². The highest BCUT2D eigenvalue weighted by Gasteiger charge is 2.16. The van der Waals surface area contributed by atoms with Gasteiger partial charge in [0.2, 0.25) is 0 Å². The monoisotopic (exact) mass is 340 g/mol. The Morgan fingerprint density at radius 3 is 2.36 bits per heavy atom. The number of amides is 1. The van der Waals surface area contributed by atoms with Crippen molar-refractivity contribution in [1.82, 2.24) is 9.88 Å². The lowest BCUT2D eigenvalue weighted by Crippen LogP contribution is -2.35. The summed E-state index contributed by atoms with van der Waals surface area (Å²) in [5.41, 5.74) is 1.03. The molecule has 1 amide bonds. The second-order valence-electron chi connectivity index (χ2n) is 6.49. The molecule has 1 N–H and O–H groups in total. The van der Waals surface area contributed by atoms with Crippen molar-refractivity contribution in [3.05, 3.63) is 58.5 Å². The Morgan fingerprint density at radius 1 is 1.04 bits per heavy atom. The van der Waals surface area contributed by atoms with Crippen LogP contribution in [0.5, 0.6) is 5.75 Å². The number of pyridine rings is 1. The first-order chi connectivity index (χ1) is 12.2. The molecular weight excluding hydrogens is 316 g/mol. The zero-order valence-corrected chi connectivity index (χ0v) is 14.5. The summed E-state index contributed by atoms with van der Waals surface area (Å²) in [5.74, 6) is 0.605. The van der Waals surface area contributed by atoms with Crippen molar-refractivity contribution in [3.63, 3.8) is 0 Å². The predicted molar refractivity (Wildman–Crippen MR) is 97.5 cm³/mol. The fourth-order valence-electron chi connectivity index (χ4n) is 3.26. The smallest absolute Gasteiger partial charge is 0.255 e. The van der Waals surface area contributed by atoms with Crippen molar-refractivity contribution in [2.75, 3.05) is 7.11 Å². The van der Waals surface area contributed by atoms with Crippen LogP contribution in [-0.2, 0) is 0 Å². The Morgan fingerprint density at radius 2 is 1.72 bits per heavy atom. The van der Waals surface area contributed by atoms with Gasteiger partial charge in [-0.3, -0.25) is 14.2 Å². The minimum atomic E-state index is -0.170. The molecule has 5 nitrogen and oxygen atoms in total. The van der Waals surface area contributed by atoms with Crippen molar-refractivity contribution in [2.45, 2.75) is 44.6 Å². The number of carbonyl (C=O) groups excluding carboxylic acids is 1. The fourth-order valence-corrected chi connectivity index (χ4v) is 3.26. The molecule has 1 saturated carbocycles. The largest absolute Gasteiger partial charge is 0.497 e. The molecule has 5 heteroatoms. The molecule has 0 aliphatic heterocycles. The third-order valence-corrected chi connectivity index (χ3v) is 4.71. The third kappa shape index (κ3) is 4.29. The lowest BCUT2D eigenvalue weighted by Gasteiger charge is -2.16. The van der Waals surface area contributed by atoms with Gasteiger partial charge in [0.05, 0.1) is 12.7 Å². The highest BCUT2D eigenvalue weighted by molar-refractivity contribution is 5.94. The Balaban J connectivity index is 1.80. The Kier molecular flexibility index (Phi) is 5.53. The number of hydrogen-bond acceptors (Lipinski definition) is 3. The summed E-state index contributed by atoms with van der Waals surface area (Å²) in [6.07, 6.45) is 8.49. The average molecular weight is 340 g/mol. The van der Waals surface area contributed by atoms with E-state index in [4.69, 9.17) is 4.74 Å². The second-order valence-corrected chi connectivity index (χ2v) is 6.49. The van der Waals surface area contributed by atoms with E-state index in [1.54, 1.807) is 43.6 Å². The molecule has 0 atom stereocenters. The van der Waals surface area contributed by atoms with Gasteiger partial charge in [-0.25, -0.2) is 0 Å². The molecule has 132 valence electrons. The van der Waals surface area contributed by atoms with Crippen LogP contribution in [-0.4, -0.2) is 23.6 Å². The van der Waals surface area contributed by atoms with Crippen LogP contribution in [0.25, 0.3) is 5.69 Å². The molecule has 1 aliphatic rings. The van der Waals surface area contributed by atoms with Crippen LogP contribution in [0.2, 0.25) is 0 Å². The minimum absolute atomic E-state index is 0.117. The molecule has 25 heavy (non-hydrogen) atoms. The molecule has 0 radical (unpaired) electrons. The van der Waals surface area contributed by atoms with Crippen molar-refractivity contribution in [1.29, 1.82) is 0 Å². The zero-order chi connectivity index (χ0) is 17.6. The number of methoxy groups -OCH3 is 1. The molecule has 3 rings (SSSR count). The summed E-state index contributed by atoms with van der Waals surface area (Å²) in [7, 11) is 1.60. The van der Waals surface area contributed by atoms with Gasteiger partial charge < -0.3 is 10.1 Å². The fraction of sp³-hybridized carbons (Fsp3) is 0.400. The third-order valence-electron chi connectivity index (χ3n) is 4.71. The summed E-state index contributed by atoms with van der Waals surface area (Å²) in [6.45, 7) is 0. The lowest BCUT2D eigenvalue weighted by molar-refractivity contribution is 0.0932. The molecule has 1 aromatic heterocycles. The molecular formula is C20H24N2O3. The molecule has 1 heterocycles. The van der Waals surface area contributed by atoms with Gasteiger partial charge in [0, 0.05) is 24.0 Å². The number of rotatable bonds is 4. The maximum atomic E-state index is 12.6. The number of nitrogens with one attached hydrogen (secondary N) is 1. The summed E-state index contributed by atoms with van der Waals surface area (Å²) < 4.78 is 6.63. The Hall–Kier alpha value is -2.56. The Bertz CT molecular complexity index is 772. The first-order valence-electron chi connectivity index (χ1n) is 8.85. The number of benzene rings is 1. The van der Waals surface area contributed by atoms with Gasteiger partial charge in [0.25, 0.3) is 11.5 Å². The second kappa shape index (κ2) is 8.01. The highest BCUT2D eigenvalue weighted by atomic mass is 16.5. The van der Waals surface area contributed by atoms with E-state index in [9.17, 15) is 9.59 Å². The number of ether oxygens (including phenoxy) is 1. The molecule has 0 unspecified atom stereocenters. The van der Waals surface area contributed by atoms with Gasteiger partial charge in [-0.2, -0.15) is 0 Å².